The summed E-state index contributed by atoms with van der Waals surface area (Å²) in [6.45, 7) is 2.56. The lowest BCUT2D eigenvalue weighted by atomic mass is 9.76. The smallest absolute Gasteiger partial charge is 0.214 e. The van der Waals surface area contributed by atoms with E-state index in [1.54, 1.807) is 4.31 Å². The van der Waals surface area contributed by atoms with Crippen molar-refractivity contribution in [2.45, 2.75) is 32.1 Å². The molecule has 0 aromatic heterocycles. The van der Waals surface area contributed by atoms with Crippen molar-refractivity contribution in [1.82, 2.24) is 4.31 Å². The first kappa shape index (κ1) is 12.9. The van der Waals surface area contributed by atoms with E-state index in [1.807, 2.05) is 0 Å². The molecule has 0 bridgehead atoms. The maximum Gasteiger partial charge on any atom is 0.214 e. The first-order valence-electron chi connectivity index (χ1n) is 7.21. The van der Waals surface area contributed by atoms with Crippen molar-refractivity contribution in [3.8, 4) is 0 Å². The highest BCUT2D eigenvalue weighted by molar-refractivity contribution is 7.89. The highest BCUT2D eigenvalue weighted by Gasteiger charge is 2.36. The lowest BCUT2D eigenvalue weighted by Gasteiger charge is -2.34. The fourth-order valence-electron chi connectivity index (χ4n) is 2.94. The molecule has 0 spiro atoms. The Morgan fingerprint density at radius 2 is 1.89 bits per heavy atom. The summed E-state index contributed by atoms with van der Waals surface area (Å²) < 4.78 is 32.0. The van der Waals surface area contributed by atoms with Crippen LogP contribution in [0.3, 0.4) is 0 Å². The van der Waals surface area contributed by atoms with Crippen molar-refractivity contribution in [3.63, 3.8) is 0 Å². The van der Waals surface area contributed by atoms with E-state index >= 15 is 0 Å². The highest BCUT2D eigenvalue weighted by atomic mass is 32.2. The molecule has 3 rings (SSSR count). The Bertz CT molecular complexity index is 387. The first-order valence-corrected chi connectivity index (χ1v) is 8.81. The van der Waals surface area contributed by atoms with Crippen molar-refractivity contribution in [2.75, 3.05) is 32.1 Å². The zero-order valence-electron chi connectivity index (χ0n) is 10.9. The molecule has 3 fully saturated rings. The van der Waals surface area contributed by atoms with Crippen LogP contribution < -0.4 is 0 Å². The van der Waals surface area contributed by atoms with Gasteiger partial charge in [-0.3, -0.25) is 0 Å². The second-order valence-corrected chi connectivity index (χ2v) is 8.12. The third-order valence-electron chi connectivity index (χ3n) is 4.61. The molecule has 1 atom stereocenters. The van der Waals surface area contributed by atoms with Crippen LogP contribution in [0.5, 0.6) is 0 Å². The summed E-state index contributed by atoms with van der Waals surface area (Å²) in [5.74, 6) is 1.92. The predicted octanol–water partition coefficient (Wildman–Crippen LogP) is 1.47. The van der Waals surface area contributed by atoms with Gasteiger partial charge in [0.1, 0.15) is 0 Å². The van der Waals surface area contributed by atoms with Gasteiger partial charge in [-0.1, -0.05) is 19.3 Å². The van der Waals surface area contributed by atoms with E-state index in [0.717, 1.165) is 19.4 Å². The van der Waals surface area contributed by atoms with E-state index in [0.29, 0.717) is 43.2 Å². The predicted molar refractivity (Wildman–Crippen MR) is 69.7 cm³/mol. The zero-order chi connectivity index (χ0) is 12.6. The van der Waals surface area contributed by atoms with Crippen molar-refractivity contribution >= 4 is 10.0 Å². The Kier molecular flexibility index (Phi) is 3.65. The maximum atomic E-state index is 12.3. The molecule has 1 aliphatic heterocycles. The minimum atomic E-state index is -3.04. The van der Waals surface area contributed by atoms with E-state index in [-0.39, 0.29) is 0 Å². The molecule has 2 saturated carbocycles. The van der Waals surface area contributed by atoms with Gasteiger partial charge in [0, 0.05) is 13.1 Å². The van der Waals surface area contributed by atoms with Crippen LogP contribution in [0.2, 0.25) is 0 Å². The molecule has 0 amide bonds. The van der Waals surface area contributed by atoms with Gasteiger partial charge in [-0.2, -0.15) is 4.31 Å². The molecule has 0 radical (unpaired) electrons. The molecule has 2 aliphatic carbocycles. The lowest BCUT2D eigenvalue weighted by Crippen LogP contribution is -2.40. The van der Waals surface area contributed by atoms with Gasteiger partial charge in [-0.15, -0.1) is 0 Å². The van der Waals surface area contributed by atoms with E-state index in [4.69, 9.17) is 4.74 Å². The van der Waals surface area contributed by atoms with Gasteiger partial charge in [-0.25, -0.2) is 8.42 Å². The van der Waals surface area contributed by atoms with Gasteiger partial charge < -0.3 is 4.74 Å². The van der Waals surface area contributed by atoms with E-state index in [2.05, 4.69) is 0 Å². The summed E-state index contributed by atoms with van der Waals surface area (Å²) in [7, 11) is -3.04. The van der Waals surface area contributed by atoms with Gasteiger partial charge in [-0.05, 0) is 30.6 Å². The van der Waals surface area contributed by atoms with Crippen molar-refractivity contribution < 1.29 is 13.2 Å². The van der Waals surface area contributed by atoms with Crippen LogP contribution in [-0.2, 0) is 14.8 Å². The lowest BCUT2D eigenvalue weighted by molar-refractivity contribution is 0.0779. The van der Waals surface area contributed by atoms with Crippen molar-refractivity contribution in [3.05, 3.63) is 0 Å². The largest absolute Gasteiger partial charge is 0.380 e. The summed E-state index contributed by atoms with van der Waals surface area (Å²) in [6, 6.07) is 0. The number of rotatable bonds is 4. The van der Waals surface area contributed by atoms with E-state index < -0.39 is 10.0 Å². The van der Waals surface area contributed by atoms with Crippen LogP contribution in [0.25, 0.3) is 0 Å². The Morgan fingerprint density at radius 3 is 2.50 bits per heavy atom. The number of hydrogen-bond donors (Lipinski definition) is 0. The Morgan fingerprint density at radius 1 is 1.11 bits per heavy atom. The molecular formula is C13H23NO3S. The molecule has 0 aromatic rings. The summed E-state index contributed by atoms with van der Waals surface area (Å²) in [6.07, 6.45) is 6.00. The number of hydrogen-bond acceptors (Lipinski definition) is 3. The topological polar surface area (TPSA) is 46.6 Å². The molecule has 0 aromatic carbocycles. The quantitative estimate of drug-likeness (QED) is 0.779. The Hall–Kier alpha value is -0.130. The number of sulfonamides is 1. The molecule has 18 heavy (non-hydrogen) atoms. The van der Waals surface area contributed by atoms with E-state index in [9.17, 15) is 8.42 Å². The second-order valence-electron chi connectivity index (χ2n) is 6.11. The van der Waals surface area contributed by atoms with Crippen LogP contribution in [0.4, 0.5) is 0 Å². The standard InChI is InChI=1S/C13H23NO3S/c15-18(16,10-11-4-5-11)14-6-7-17-9-13(8-14)12-2-1-3-12/h11-13H,1-10H2. The maximum absolute atomic E-state index is 12.3. The molecule has 1 heterocycles. The summed E-state index contributed by atoms with van der Waals surface area (Å²) in [5, 5.41) is 0. The summed E-state index contributed by atoms with van der Waals surface area (Å²) in [5.41, 5.74) is 0. The molecule has 1 saturated heterocycles. The average Bonchev–Trinajstić information content (AvgIpc) is 3.02. The Labute approximate surface area is 110 Å². The van der Waals surface area contributed by atoms with Gasteiger partial charge in [0.15, 0.2) is 0 Å². The van der Waals surface area contributed by atoms with Gasteiger partial charge in [0.05, 0.1) is 19.0 Å². The fourth-order valence-corrected chi connectivity index (χ4v) is 4.85. The van der Waals surface area contributed by atoms with Crippen LogP contribution in [0.15, 0.2) is 0 Å². The third-order valence-corrected chi connectivity index (χ3v) is 6.62. The molecule has 0 N–H and O–H groups in total. The molecule has 104 valence electrons. The first-order chi connectivity index (χ1) is 8.65. The van der Waals surface area contributed by atoms with Gasteiger partial charge in [0.25, 0.3) is 0 Å². The fraction of sp³-hybridized carbons (Fsp3) is 1.00. The van der Waals surface area contributed by atoms with Crippen LogP contribution in [-0.4, -0.2) is 44.8 Å². The summed E-state index contributed by atoms with van der Waals surface area (Å²) >= 11 is 0. The van der Waals surface area contributed by atoms with Crippen LogP contribution >= 0.6 is 0 Å². The SMILES string of the molecule is O=S(=O)(CC1CC1)N1CCOCC(C2CCC2)C1. The van der Waals surface area contributed by atoms with Gasteiger partial charge in [0.2, 0.25) is 10.0 Å². The average molecular weight is 273 g/mol. The van der Waals surface area contributed by atoms with Crippen LogP contribution in [0.1, 0.15) is 32.1 Å². The number of nitrogens with zero attached hydrogens (tertiary/aromatic N) is 1. The second kappa shape index (κ2) is 5.10. The monoisotopic (exact) mass is 273 g/mol. The molecule has 1 unspecified atom stereocenters. The zero-order valence-corrected chi connectivity index (χ0v) is 11.7. The minimum Gasteiger partial charge on any atom is -0.380 e. The molecular weight excluding hydrogens is 250 g/mol. The molecule has 4 nitrogen and oxygen atoms in total. The third kappa shape index (κ3) is 2.89. The normalized spacial score (nSPS) is 31.9. The van der Waals surface area contributed by atoms with Crippen molar-refractivity contribution in [1.29, 1.82) is 0 Å². The van der Waals surface area contributed by atoms with Crippen molar-refractivity contribution in [2.24, 2.45) is 17.8 Å². The van der Waals surface area contributed by atoms with Crippen LogP contribution in [0, 0.1) is 17.8 Å². The van der Waals surface area contributed by atoms with Gasteiger partial charge >= 0.3 is 0 Å². The number of ether oxygens (including phenoxy) is 1. The summed E-state index contributed by atoms with van der Waals surface area (Å²) in [4.78, 5) is 0. The minimum absolute atomic E-state index is 0.365. The molecule has 5 heteroatoms. The highest BCUT2D eigenvalue weighted by Crippen LogP contribution is 2.36. The van der Waals surface area contributed by atoms with E-state index in [1.165, 1.54) is 19.3 Å². The Balaban J connectivity index is 1.65. The molecule has 3 aliphatic rings.